The lowest BCUT2D eigenvalue weighted by Gasteiger charge is -2.25. The Morgan fingerprint density at radius 1 is 1.29 bits per heavy atom. The van der Waals surface area contributed by atoms with Crippen molar-refractivity contribution in [1.82, 2.24) is 0 Å². The maximum atomic E-state index is 11.8. The van der Waals surface area contributed by atoms with Crippen molar-refractivity contribution in [2.45, 2.75) is 12.3 Å². The van der Waals surface area contributed by atoms with Crippen LogP contribution in [-0.4, -0.2) is 26.8 Å². The van der Waals surface area contributed by atoms with Crippen molar-refractivity contribution in [3.05, 3.63) is 29.8 Å². The molecule has 1 aromatic rings. The zero-order chi connectivity index (χ0) is 12.9. The van der Waals surface area contributed by atoms with Crippen molar-refractivity contribution in [3.63, 3.8) is 0 Å². The molecule has 0 heterocycles. The summed E-state index contributed by atoms with van der Waals surface area (Å²) in [7, 11) is 2.91. The van der Waals surface area contributed by atoms with E-state index in [2.05, 4.69) is 4.84 Å². The third-order valence-corrected chi connectivity index (χ3v) is 2.74. The van der Waals surface area contributed by atoms with Crippen molar-refractivity contribution < 1.29 is 19.1 Å². The fraction of sp³-hybridized carbons (Fsp3) is 0.417. The highest BCUT2D eigenvalue weighted by molar-refractivity contribution is 5.82. The van der Waals surface area contributed by atoms with E-state index in [0.717, 1.165) is 11.3 Å². The van der Waals surface area contributed by atoms with Crippen LogP contribution in [0, 0.1) is 0 Å². The Balaban J connectivity index is 3.08. The first-order valence-electron chi connectivity index (χ1n) is 5.13. The van der Waals surface area contributed by atoms with Gasteiger partial charge in [0, 0.05) is 0 Å². The Labute approximate surface area is 100 Å². The Bertz CT molecular complexity index is 377. The highest BCUT2D eigenvalue weighted by Crippen LogP contribution is 2.27. The first-order chi connectivity index (χ1) is 8.08. The van der Waals surface area contributed by atoms with Crippen LogP contribution < -0.4 is 10.6 Å². The number of hydrogen-bond donors (Lipinski definition) is 1. The van der Waals surface area contributed by atoms with Crippen LogP contribution >= 0.6 is 0 Å². The number of methoxy groups -OCH3 is 2. The number of esters is 1. The Kier molecular flexibility index (Phi) is 4.48. The van der Waals surface area contributed by atoms with Crippen LogP contribution in [-0.2, 0) is 19.8 Å². The molecule has 0 spiro atoms. The number of ether oxygens (including phenoxy) is 2. The molecule has 0 amide bonds. The highest BCUT2D eigenvalue weighted by atomic mass is 16.6. The monoisotopic (exact) mass is 239 g/mol. The molecular weight excluding hydrogens is 222 g/mol. The van der Waals surface area contributed by atoms with E-state index < -0.39 is 11.4 Å². The molecular formula is C12H17NO4. The first kappa shape index (κ1) is 13.5. The van der Waals surface area contributed by atoms with Gasteiger partial charge in [-0.2, -0.15) is 0 Å². The second-order valence-electron chi connectivity index (χ2n) is 3.86. The van der Waals surface area contributed by atoms with E-state index in [4.69, 9.17) is 15.4 Å². The van der Waals surface area contributed by atoms with Gasteiger partial charge in [0.1, 0.15) is 11.2 Å². The quantitative estimate of drug-likeness (QED) is 0.613. The smallest absolute Gasteiger partial charge is 0.318 e. The lowest BCUT2D eigenvalue weighted by molar-refractivity contribution is -0.149. The van der Waals surface area contributed by atoms with E-state index >= 15 is 0 Å². The van der Waals surface area contributed by atoms with Gasteiger partial charge >= 0.3 is 5.97 Å². The lowest BCUT2D eigenvalue weighted by Crippen LogP contribution is -2.39. The molecule has 1 aromatic carbocycles. The topological polar surface area (TPSA) is 70.8 Å². The zero-order valence-corrected chi connectivity index (χ0v) is 10.2. The predicted molar refractivity (Wildman–Crippen MR) is 62.5 cm³/mol. The largest absolute Gasteiger partial charge is 0.497 e. The molecule has 1 atom stereocenters. The predicted octanol–water partition coefficient (Wildman–Crippen LogP) is 1.02. The van der Waals surface area contributed by atoms with Gasteiger partial charge in [-0.05, 0) is 24.6 Å². The van der Waals surface area contributed by atoms with Crippen LogP contribution in [0.2, 0.25) is 0 Å². The molecule has 0 fully saturated rings. The van der Waals surface area contributed by atoms with Gasteiger partial charge < -0.3 is 14.3 Å². The van der Waals surface area contributed by atoms with Crippen LogP contribution in [0.4, 0.5) is 0 Å². The average molecular weight is 239 g/mol. The van der Waals surface area contributed by atoms with Gasteiger partial charge in [0.2, 0.25) is 0 Å². The minimum Gasteiger partial charge on any atom is -0.497 e. The highest BCUT2D eigenvalue weighted by Gasteiger charge is 2.36. The van der Waals surface area contributed by atoms with E-state index in [1.807, 2.05) is 0 Å². The van der Waals surface area contributed by atoms with Crippen molar-refractivity contribution in [2.24, 2.45) is 5.90 Å². The van der Waals surface area contributed by atoms with E-state index in [1.165, 1.54) is 7.11 Å². The average Bonchev–Trinajstić information content (AvgIpc) is 2.38. The van der Waals surface area contributed by atoms with Gasteiger partial charge in [-0.15, -0.1) is 0 Å². The summed E-state index contributed by atoms with van der Waals surface area (Å²) in [6, 6.07) is 7.11. The molecule has 5 nitrogen and oxygen atoms in total. The fourth-order valence-electron chi connectivity index (χ4n) is 1.61. The summed E-state index contributed by atoms with van der Waals surface area (Å²) in [5.74, 6) is 5.39. The van der Waals surface area contributed by atoms with Gasteiger partial charge in [-0.25, -0.2) is 5.90 Å². The molecule has 0 aliphatic carbocycles. The van der Waals surface area contributed by atoms with Crippen LogP contribution in [0.1, 0.15) is 12.5 Å². The van der Waals surface area contributed by atoms with Crippen LogP contribution in [0.5, 0.6) is 5.75 Å². The van der Waals surface area contributed by atoms with Gasteiger partial charge in [0.05, 0.1) is 20.8 Å². The van der Waals surface area contributed by atoms with Gasteiger partial charge in [-0.1, -0.05) is 12.1 Å². The maximum Gasteiger partial charge on any atom is 0.318 e. The number of carbonyl (C=O) groups excluding carboxylic acids is 1. The van der Waals surface area contributed by atoms with Crippen molar-refractivity contribution in [3.8, 4) is 5.75 Å². The first-order valence-corrected chi connectivity index (χ1v) is 5.13. The molecule has 17 heavy (non-hydrogen) atoms. The molecule has 0 radical (unpaired) electrons. The SMILES string of the molecule is COC(=O)C(C)(CON)c1ccc(OC)cc1. The molecule has 0 saturated carbocycles. The second-order valence-corrected chi connectivity index (χ2v) is 3.86. The van der Waals surface area contributed by atoms with Crippen molar-refractivity contribution in [2.75, 3.05) is 20.8 Å². The van der Waals surface area contributed by atoms with E-state index in [0.29, 0.717) is 0 Å². The van der Waals surface area contributed by atoms with Crippen molar-refractivity contribution >= 4 is 5.97 Å². The number of nitrogens with two attached hydrogens (primary N) is 1. The third kappa shape index (κ3) is 2.75. The molecule has 2 N–H and O–H groups in total. The van der Waals surface area contributed by atoms with Crippen LogP contribution in [0.3, 0.4) is 0 Å². The summed E-state index contributed by atoms with van der Waals surface area (Å²) in [6.45, 7) is 1.76. The summed E-state index contributed by atoms with van der Waals surface area (Å²) in [5, 5.41) is 0. The van der Waals surface area contributed by atoms with E-state index in [1.54, 1.807) is 38.3 Å². The number of carbonyl (C=O) groups is 1. The fourth-order valence-corrected chi connectivity index (χ4v) is 1.61. The number of rotatable bonds is 5. The molecule has 5 heteroatoms. The Hall–Kier alpha value is -1.59. The van der Waals surface area contributed by atoms with E-state index in [9.17, 15) is 4.79 Å². The summed E-state index contributed by atoms with van der Waals surface area (Å²) in [4.78, 5) is 16.4. The molecule has 0 aliphatic rings. The Morgan fingerprint density at radius 3 is 2.29 bits per heavy atom. The molecule has 0 bridgehead atoms. The molecule has 0 saturated heterocycles. The normalized spacial score (nSPS) is 13.9. The minimum absolute atomic E-state index is 0.0476. The van der Waals surface area contributed by atoms with Gasteiger partial charge in [0.25, 0.3) is 0 Å². The molecule has 94 valence electrons. The van der Waals surface area contributed by atoms with Gasteiger partial charge in [0.15, 0.2) is 0 Å². The summed E-state index contributed by atoms with van der Waals surface area (Å²) < 4.78 is 9.83. The number of benzene rings is 1. The number of hydrogen-bond acceptors (Lipinski definition) is 5. The summed E-state index contributed by atoms with van der Waals surface area (Å²) in [5.41, 5.74) is -0.161. The molecule has 0 aromatic heterocycles. The molecule has 1 unspecified atom stereocenters. The zero-order valence-electron chi connectivity index (χ0n) is 10.2. The second kappa shape index (κ2) is 5.65. The maximum absolute atomic E-state index is 11.8. The standard InChI is InChI=1S/C12H17NO4/c1-12(8-17-13,11(14)16-3)9-4-6-10(15-2)7-5-9/h4-7H,8,13H2,1-3H3. The summed E-state index contributed by atoms with van der Waals surface area (Å²) in [6.07, 6.45) is 0. The minimum atomic E-state index is -0.921. The van der Waals surface area contributed by atoms with Crippen LogP contribution in [0.25, 0.3) is 0 Å². The van der Waals surface area contributed by atoms with E-state index in [-0.39, 0.29) is 6.61 Å². The van der Waals surface area contributed by atoms with Gasteiger partial charge in [-0.3, -0.25) is 4.79 Å². The Morgan fingerprint density at radius 2 is 1.88 bits per heavy atom. The lowest BCUT2D eigenvalue weighted by atomic mass is 9.83. The third-order valence-electron chi connectivity index (χ3n) is 2.74. The summed E-state index contributed by atoms with van der Waals surface area (Å²) >= 11 is 0. The van der Waals surface area contributed by atoms with Crippen LogP contribution in [0.15, 0.2) is 24.3 Å². The molecule has 1 rings (SSSR count). The molecule has 0 aliphatic heterocycles. The van der Waals surface area contributed by atoms with Crippen molar-refractivity contribution in [1.29, 1.82) is 0 Å².